The van der Waals surface area contributed by atoms with Crippen molar-refractivity contribution in [3.8, 4) is 0 Å². The number of rotatable bonds is 8. The third kappa shape index (κ3) is 4.99. The monoisotopic (exact) mass is 632 g/mol. The summed E-state index contributed by atoms with van der Waals surface area (Å²) in [5, 5.41) is -0.807. The number of nitrogens with one attached hydrogen (secondary N) is 1. The average molecular weight is 632 g/mol. The van der Waals surface area contributed by atoms with Crippen molar-refractivity contribution in [3.05, 3.63) is 84.5 Å². The van der Waals surface area contributed by atoms with E-state index in [0.29, 0.717) is 15.4 Å². The molecule has 0 radical (unpaired) electrons. The van der Waals surface area contributed by atoms with Crippen molar-refractivity contribution in [1.82, 2.24) is 0 Å². The third-order valence-corrected chi connectivity index (χ3v) is 15.7. The normalized spacial score (nSPS) is 24.2. The summed E-state index contributed by atoms with van der Waals surface area (Å²) in [7, 11) is -4.12. The molecule has 1 heterocycles. The fourth-order valence-electron chi connectivity index (χ4n) is 6.07. The summed E-state index contributed by atoms with van der Waals surface area (Å²) in [5.41, 5.74) is 6.11. The number of hydrogen-bond acceptors (Lipinski definition) is 4. The van der Waals surface area contributed by atoms with Crippen molar-refractivity contribution in [2.75, 3.05) is 4.72 Å². The molecule has 0 spiro atoms. The number of para-hydroxylation sites is 1. The van der Waals surface area contributed by atoms with Gasteiger partial charge in [0.2, 0.25) is 0 Å². The molecule has 3 fully saturated rings. The van der Waals surface area contributed by atoms with Gasteiger partial charge in [0, 0.05) is 0 Å². The Morgan fingerprint density at radius 1 is 1.05 bits per heavy atom. The first-order valence-corrected chi connectivity index (χ1v) is 19.4. The zero-order valence-electron chi connectivity index (χ0n) is 19.7. The van der Waals surface area contributed by atoms with Gasteiger partial charge in [-0.1, -0.05) is 6.07 Å². The Balaban J connectivity index is 1.21. The molecule has 192 valence electrons. The van der Waals surface area contributed by atoms with E-state index in [9.17, 15) is 31.2 Å². The maximum atomic E-state index is 13.1. The van der Waals surface area contributed by atoms with E-state index in [-0.39, 0.29) is 22.8 Å². The first-order chi connectivity index (χ1) is 17.3. The summed E-state index contributed by atoms with van der Waals surface area (Å²) in [5.74, 6) is -0.874. The molecule has 1 aliphatic heterocycles. The number of alkyl halides is 3. The molecule has 3 saturated carbocycles. The number of halogens is 3. The number of benzene rings is 2. The Bertz CT molecular complexity index is 1430. The second-order valence-electron chi connectivity index (χ2n) is 10.4. The molecule has 0 unspecified atom stereocenters. The number of allylic oxidation sites excluding steroid dienone is 2. The Kier molecular flexibility index (Phi) is 6.38. The summed E-state index contributed by atoms with van der Waals surface area (Å²) in [4.78, 5) is 24.4. The number of hydrogen-bond donors (Lipinski definition) is 2. The van der Waals surface area contributed by atoms with Gasteiger partial charge in [0.15, 0.2) is 0 Å². The van der Waals surface area contributed by atoms with Crippen molar-refractivity contribution in [2.45, 2.75) is 36.0 Å². The Labute approximate surface area is 220 Å². The van der Waals surface area contributed by atoms with Crippen LogP contribution in [0.15, 0.2) is 67.8 Å². The van der Waals surface area contributed by atoms with Crippen LogP contribution in [0.5, 0.6) is 0 Å². The van der Waals surface area contributed by atoms with Crippen LogP contribution in [0, 0.1) is 10.8 Å². The summed E-state index contributed by atoms with van der Waals surface area (Å²) in [6.07, 6.45) is -0.261. The van der Waals surface area contributed by atoms with Gasteiger partial charge in [-0.3, -0.25) is 0 Å². The van der Waals surface area contributed by atoms with Crippen LogP contribution in [0.2, 0.25) is 0 Å². The fraction of sp³-hybridized carbons (Fsp3) is 0.308. The van der Waals surface area contributed by atoms with Gasteiger partial charge in [-0.05, 0) is 0 Å². The fourth-order valence-corrected chi connectivity index (χ4v) is 14.6. The van der Waals surface area contributed by atoms with E-state index in [0.717, 1.165) is 31.4 Å². The summed E-state index contributed by atoms with van der Waals surface area (Å²) < 4.78 is 71.4. The van der Waals surface area contributed by atoms with E-state index in [1.165, 1.54) is 11.6 Å². The molecule has 1 amide bonds. The quantitative estimate of drug-likeness (QED) is 0.448. The van der Waals surface area contributed by atoms with E-state index in [1.807, 2.05) is 0 Å². The number of sulfonamides is 1. The average Bonchev–Trinajstić information content (AvgIpc) is 3.22. The zero-order valence-corrected chi connectivity index (χ0v) is 23.8. The number of primary amides is 1. The van der Waals surface area contributed by atoms with Gasteiger partial charge in [0.25, 0.3) is 0 Å². The second-order valence-corrected chi connectivity index (χ2v) is 19.1. The van der Waals surface area contributed by atoms with Gasteiger partial charge in [-0.2, -0.15) is 0 Å². The standard InChI is InChI=1S/C17H17NO3S.C9H7F3NO.In/c1-3-13(2)17-10-16(11-17,12-17)9-15(19)22(20,21)18-14-7-5-4-6-8-14;1-5-2-3-6(9(10,11)12)4-7(5)8(13)14;/h1-8,18H,9-12H2;2-4H,1H2,(H2,13,14);. The Morgan fingerprint density at radius 2 is 1.73 bits per heavy atom. The predicted octanol–water partition coefficient (Wildman–Crippen LogP) is 4.48. The Morgan fingerprint density at radius 3 is 2.35 bits per heavy atom. The van der Waals surface area contributed by atoms with Gasteiger partial charge >= 0.3 is 215 Å². The van der Waals surface area contributed by atoms with Crippen LogP contribution >= 0.6 is 0 Å². The van der Waals surface area contributed by atoms with Crippen LogP contribution in [-0.2, 0) is 25.2 Å². The van der Waals surface area contributed by atoms with Crippen molar-refractivity contribution in [2.24, 2.45) is 16.6 Å². The van der Waals surface area contributed by atoms with Gasteiger partial charge in [-0.15, -0.1) is 0 Å². The van der Waals surface area contributed by atoms with Crippen LogP contribution in [0.1, 0.15) is 47.2 Å². The molecule has 6 nitrogen and oxygen atoms in total. The molecular formula is C26H24F3InN2O4S. The second kappa shape index (κ2) is 9.04. The van der Waals surface area contributed by atoms with Crippen LogP contribution in [0.4, 0.5) is 18.9 Å². The molecule has 0 saturated heterocycles. The van der Waals surface area contributed by atoms with E-state index in [4.69, 9.17) is 5.73 Å². The number of carbonyl (C=O) groups excluding carboxylic acids is 2. The van der Waals surface area contributed by atoms with Crippen LogP contribution < -0.4 is 10.5 Å². The van der Waals surface area contributed by atoms with Gasteiger partial charge in [0.1, 0.15) is 0 Å². The zero-order chi connectivity index (χ0) is 26.6. The molecule has 11 heteroatoms. The molecule has 0 atom stereocenters. The van der Waals surface area contributed by atoms with Crippen LogP contribution in [0.3, 0.4) is 0 Å². The van der Waals surface area contributed by atoms with Crippen molar-refractivity contribution in [1.29, 1.82) is 0 Å². The van der Waals surface area contributed by atoms with Crippen LogP contribution in [0.25, 0.3) is 0 Å². The van der Waals surface area contributed by atoms with E-state index in [1.54, 1.807) is 30.3 Å². The van der Waals surface area contributed by atoms with Crippen molar-refractivity contribution >= 4 is 48.2 Å². The number of nitrogens with two attached hydrogens (primary N) is 1. The molecule has 2 aromatic carbocycles. The molecule has 6 rings (SSSR count). The minimum absolute atomic E-state index is 0.0197. The summed E-state index contributed by atoms with van der Waals surface area (Å²) >= 11 is -2.47. The van der Waals surface area contributed by atoms with E-state index >= 15 is 0 Å². The molecule has 0 aromatic heterocycles. The molecule has 3 N–H and O–H groups in total. The van der Waals surface area contributed by atoms with Crippen molar-refractivity contribution in [3.63, 3.8) is 0 Å². The molecule has 3 aliphatic carbocycles. The van der Waals surface area contributed by atoms with Gasteiger partial charge in [0.05, 0.1) is 0 Å². The topological polar surface area (TPSA) is 106 Å². The Hall–Kier alpha value is -2.53. The summed E-state index contributed by atoms with van der Waals surface area (Å²) in [6, 6.07) is 11.4. The molecule has 37 heavy (non-hydrogen) atoms. The molecule has 2 aromatic rings. The number of carbonyl (C=O) groups is 2. The summed E-state index contributed by atoms with van der Waals surface area (Å²) in [6.45, 7) is 0. The van der Waals surface area contributed by atoms with E-state index < -0.39 is 54.2 Å². The number of amides is 1. The van der Waals surface area contributed by atoms with Gasteiger partial charge in [-0.25, -0.2) is 0 Å². The molecule has 4 aliphatic rings. The predicted molar refractivity (Wildman–Crippen MR) is 134 cm³/mol. The van der Waals surface area contributed by atoms with Gasteiger partial charge < -0.3 is 0 Å². The minimum atomic E-state index is -4.55. The van der Waals surface area contributed by atoms with Crippen molar-refractivity contribution < 1.29 is 31.2 Å². The molecular weight excluding hydrogens is 608 g/mol. The number of anilines is 1. The maximum absolute atomic E-state index is 13.1. The third-order valence-electron chi connectivity index (χ3n) is 7.67. The SMILES string of the molecule is NC(=O)c1cc(C(F)(F)F)ccc1[CH2][In]1[CH]=CC(C23CC(CC(=O)S(=O)(=O)Nc4ccccc4)(C2)C3)=[CH]1. The van der Waals surface area contributed by atoms with E-state index in [2.05, 4.69) is 18.5 Å². The first kappa shape index (κ1) is 26.1. The first-order valence-electron chi connectivity index (χ1n) is 11.8. The molecule has 2 bridgehead atoms. The van der Waals surface area contributed by atoms with Crippen LogP contribution in [-0.4, -0.2) is 40.9 Å².